The van der Waals surface area contributed by atoms with E-state index in [9.17, 15) is 10.1 Å². The van der Waals surface area contributed by atoms with E-state index >= 15 is 0 Å². The molecule has 0 bridgehead atoms. The summed E-state index contributed by atoms with van der Waals surface area (Å²) < 4.78 is 7.42. The van der Waals surface area contributed by atoms with Crippen LogP contribution in [0.2, 0.25) is 0 Å². The quantitative estimate of drug-likeness (QED) is 0.622. The van der Waals surface area contributed by atoms with Crippen LogP contribution in [0.4, 0.5) is 11.6 Å². The van der Waals surface area contributed by atoms with Gasteiger partial charge in [0.25, 0.3) is 0 Å². The van der Waals surface area contributed by atoms with Crippen molar-refractivity contribution < 1.29 is 9.53 Å². The van der Waals surface area contributed by atoms with E-state index in [4.69, 9.17) is 4.74 Å². The molecule has 148 valence electrons. The Bertz CT molecular complexity index is 1040. The largest absolute Gasteiger partial charge is 0.472 e. The van der Waals surface area contributed by atoms with Gasteiger partial charge >= 0.3 is 0 Å². The van der Waals surface area contributed by atoms with Crippen molar-refractivity contribution in [3.05, 3.63) is 42.5 Å². The Morgan fingerprint density at radius 1 is 1.31 bits per heavy atom. The van der Waals surface area contributed by atoms with E-state index in [-0.39, 0.29) is 17.9 Å². The zero-order chi connectivity index (χ0) is 20.8. The van der Waals surface area contributed by atoms with Crippen LogP contribution in [0.3, 0.4) is 0 Å². The van der Waals surface area contributed by atoms with Gasteiger partial charge in [-0.15, -0.1) is 0 Å². The van der Waals surface area contributed by atoms with Gasteiger partial charge in [0, 0.05) is 38.1 Å². The minimum absolute atomic E-state index is 0.153. The summed E-state index contributed by atoms with van der Waals surface area (Å²) >= 11 is 0. The minimum Gasteiger partial charge on any atom is -0.472 e. The van der Waals surface area contributed by atoms with Gasteiger partial charge < -0.3 is 15.4 Å². The first-order valence-electron chi connectivity index (χ1n) is 8.85. The van der Waals surface area contributed by atoms with Gasteiger partial charge in [-0.2, -0.15) is 10.4 Å². The molecule has 0 fully saturated rings. The fourth-order valence-electron chi connectivity index (χ4n) is 2.44. The highest BCUT2D eigenvalue weighted by Gasteiger charge is 2.13. The number of aromatic nitrogens is 5. The van der Waals surface area contributed by atoms with Crippen LogP contribution in [-0.2, 0) is 11.8 Å². The number of nitrogens with one attached hydrogen (secondary N) is 2. The zero-order valence-corrected chi connectivity index (χ0v) is 16.2. The van der Waals surface area contributed by atoms with Crippen molar-refractivity contribution in [3.63, 3.8) is 0 Å². The Morgan fingerprint density at radius 2 is 2.07 bits per heavy atom. The molecule has 29 heavy (non-hydrogen) atoms. The lowest BCUT2D eigenvalue weighted by Gasteiger charge is -2.15. The van der Waals surface area contributed by atoms with Crippen LogP contribution < -0.4 is 15.4 Å². The summed E-state index contributed by atoms with van der Waals surface area (Å²) in [6.07, 6.45) is 6.39. The summed E-state index contributed by atoms with van der Waals surface area (Å²) in [6, 6.07) is 5.39. The van der Waals surface area contributed by atoms with Crippen LogP contribution in [0, 0.1) is 11.3 Å². The summed E-state index contributed by atoms with van der Waals surface area (Å²) in [5, 5.41) is 19.1. The van der Waals surface area contributed by atoms with E-state index in [0.29, 0.717) is 29.3 Å². The van der Waals surface area contributed by atoms with Gasteiger partial charge in [-0.25, -0.2) is 15.0 Å². The molecule has 0 saturated carbocycles. The first-order chi connectivity index (χ1) is 13.9. The van der Waals surface area contributed by atoms with Gasteiger partial charge in [-0.05, 0) is 19.1 Å². The number of nitriles is 1. The molecule has 0 aromatic carbocycles. The summed E-state index contributed by atoms with van der Waals surface area (Å²) in [5.74, 6) is 0.469. The molecule has 3 rings (SSSR count). The van der Waals surface area contributed by atoms with Crippen LogP contribution in [0.5, 0.6) is 5.88 Å². The predicted octanol–water partition coefficient (Wildman–Crippen LogP) is 1.79. The molecule has 0 spiro atoms. The van der Waals surface area contributed by atoms with Crippen molar-refractivity contribution in [1.29, 1.82) is 5.26 Å². The number of carbonyl (C=O) groups is 1. The first kappa shape index (κ1) is 19.8. The second kappa shape index (κ2) is 8.79. The maximum absolute atomic E-state index is 11.0. The molecular formula is C19H20N8O2. The number of nitrogens with zero attached hydrogens (tertiary/aromatic N) is 6. The van der Waals surface area contributed by atoms with E-state index in [1.807, 2.05) is 13.2 Å². The maximum Gasteiger partial charge on any atom is 0.232 e. The number of anilines is 2. The summed E-state index contributed by atoms with van der Waals surface area (Å²) in [4.78, 5) is 24.1. The Morgan fingerprint density at radius 3 is 2.69 bits per heavy atom. The van der Waals surface area contributed by atoms with Gasteiger partial charge in [-0.1, -0.05) is 0 Å². The zero-order valence-electron chi connectivity index (χ0n) is 16.2. The Labute approximate surface area is 167 Å². The first-order valence-corrected chi connectivity index (χ1v) is 8.85. The average Bonchev–Trinajstić information content (AvgIpc) is 3.11. The molecule has 1 atom stereocenters. The van der Waals surface area contributed by atoms with Gasteiger partial charge in [-0.3, -0.25) is 9.48 Å². The molecule has 0 aliphatic rings. The third-order valence-electron chi connectivity index (χ3n) is 3.84. The lowest BCUT2D eigenvalue weighted by molar-refractivity contribution is -0.119. The van der Waals surface area contributed by atoms with Crippen molar-refractivity contribution >= 4 is 17.5 Å². The summed E-state index contributed by atoms with van der Waals surface area (Å²) in [5.41, 5.74) is 2.32. The Kier molecular flexibility index (Phi) is 5.99. The lowest BCUT2D eigenvalue weighted by atomic mass is 10.2. The molecule has 2 N–H and O–H groups in total. The number of ether oxygens (including phenoxy) is 1. The van der Waals surface area contributed by atoms with Crippen molar-refractivity contribution in [1.82, 2.24) is 30.0 Å². The predicted molar refractivity (Wildman–Crippen MR) is 105 cm³/mol. The fraction of sp³-hybridized carbons (Fsp3) is 0.263. The van der Waals surface area contributed by atoms with E-state index < -0.39 is 0 Å². The molecule has 3 aromatic rings. The highest BCUT2D eigenvalue weighted by molar-refractivity contribution is 5.72. The molecule has 0 aliphatic heterocycles. The third-order valence-corrected chi connectivity index (χ3v) is 3.84. The number of aryl methyl sites for hydroxylation is 1. The van der Waals surface area contributed by atoms with E-state index in [1.54, 1.807) is 42.3 Å². The summed E-state index contributed by atoms with van der Waals surface area (Å²) in [6.45, 7) is 3.52. The van der Waals surface area contributed by atoms with Gasteiger partial charge in [0.2, 0.25) is 17.7 Å². The van der Waals surface area contributed by atoms with Crippen LogP contribution in [-0.4, -0.2) is 43.3 Å². The van der Waals surface area contributed by atoms with Crippen molar-refractivity contribution in [2.75, 3.05) is 11.9 Å². The molecule has 3 heterocycles. The number of amides is 1. The second-order valence-corrected chi connectivity index (χ2v) is 6.35. The van der Waals surface area contributed by atoms with E-state index in [0.717, 1.165) is 5.69 Å². The van der Waals surface area contributed by atoms with Crippen molar-refractivity contribution in [3.8, 4) is 23.2 Å². The number of hydrogen-bond acceptors (Lipinski definition) is 8. The normalized spacial score (nSPS) is 11.4. The molecule has 10 nitrogen and oxygen atoms in total. The lowest BCUT2D eigenvalue weighted by Crippen LogP contribution is -2.32. The molecular weight excluding hydrogens is 372 g/mol. The molecule has 3 aromatic heterocycles. The standard InChI is InChI=1S/C19H20N8O2/c1-12(7-21-13(2)28)29-18-14(6-20)4-5-17(26-18)15-8-22-19(23-9-15)25-16-10-24-27(3)11-16/h4-5,8-12H,7H2,1-3H3,(H,21,28)(H,22,23,25). The molecule has 0 saturated heterocycles. The maximum atomic E-state index is 11.0. The molecule has 0 aliphatic carbocycles. The van der Waals surface area contributed by atoms with Gasteiger partial charge in [0.1, 0.15) is 17.7 Å². The number of rotatable bonds is 7. The van der Waals surface area contributed by atoms with Crippen LogP contribution >= 0.6 is 0 Å². The SMILES string of the molecule is CC(=O)NCC(C)Oc1nc(-c2cnc(Nc3cnn(C)c3)nc2)ccc1C#N. The smallest absolute Gasteiger partial charge is 0.232 e. The highest BCUT2D eigenvalue weighted by atomic mass is 16.5. The Hall–Kier alpha value is -4.00. The highest BCUT2D eigenvalue weighted by Crippen LogP contribution is 2.23. The van der Waals surface area contributed by atoms with E-state index in [2.05, 4.69) is 36.8 Å². The number of pyridine rings is 1. The van der Waals surface area contributed by atoms with Crippen molar-refractivity contribution in [2.24, 2.45) is 7.05 Å². The minimum atomic E-state index is -0.351. The third kappa shape index (κ3) is 5.26. The second-order valence-electron chi connectivity index (χ2n) is 6.35. The van der Waals surface area contributed by atoms with Gasteiger partial charge in [0.15, 0.2) is 0 Å². The molecule has 1 unspecified atom stereocenters. The molecule has 0 radical (unpaired) electrons. The monoisotopic (exact) mass is 392 g/mol. The Balaban J connectivity index is 1.76. The number of carbonyl (C=O) groups excluding carboxylic acids is 1. The average molecular weight is 392 g/mol. The number of hydrogen-bond donors (Lipinski definition) is 2. The van der Waals surface area contributed by atoms with E-state index in [1.165, 1.54) is 6.92 Å². The topological polar surface area (TPSA) is 131 Å². The van der Waals surface area contributed by atoms with Crippen LogP contribution in [0.1, 0.15) is 19.4 Å². The molecule has 10 heteroatoms. The fourth-order valence-corrected chi connectivity index (χ4v) is 2.44. The molecule has 1 amide bonds. The van der Waals surface area contributed by atoms with Gasteiger partial charge in [0.05, 0.1) is 24.1 Å². The summed E-state index contributed by atoms with van der Waals surface area (Å²) in [7, 11) is 1.82. The van der Waals surface area contributed by atoms with Crippen LogP contribution in [0.15, 0.2) is 36.9 Å². The van der Waals surface area contributed by atoms with Crippen LogP contribution in [0.25, 0.3) is 11.3 Å². The van der Waals surface area contributed by atoms with Crippen molar-refractivity contribution in [2.45, 2.75) is 20.0 Å².